The number of fused-ring (bicyclic) bond motifs is 1. The van der Waals surface area contributed by atoms with Gasteiger partial charge in [-0.25, -0.2) is 0 Å². The highest BCUT2D eigenvalue weighted by Crippen LogP contribution is 2.31. The van der Waals surface area contributed by atoms with Crippen LogP contribution in [0.15, 0.2) is 24.3 Å². The van der Waals surface area contributed by atoms with E-state index in [1.807, 2.05) is 36.1 Å². The fraction of sp³-hybridized carbons (Fsp3) is 0.591. The zero-order valence-electron chi connectivity index (χ0n) is 18.1. The molecule has 4 rings (SSSR count). The Bertz CT molecular complexity index is 818. The van der Waals surface area contributed by atoms with Gasteiger partial charge < -0.3 is 19.9 Å². The van der Waals surface area contributed by atoms with Gasteiger partial charge in [-0.3, -0.25) is 24.2 Å². The molecule has 0 spiro atoms. The summed E-state index contributed by atoms with van der Waals surface area (Å²) >= 11 is 0. The number of carbonyl (C=O) groups is 3. The summed E-state index contributed by atoms with van der Waals surface area (Å²) in [6.07, 6.45) is 0.276. The number of amides is 3. The molecule has 3 heterocycles. The van der Waals surface area contributed by atoms with Crippen molar-refractivity contribution in [3.63, 3.8) is 0 Å². The van der Waals surface area contributed by atoms with E-state index in [4.69, 9.17) is 4.74 Å². The molecule has 3 amide bonds. The third kappa shape index (κ3) is 5.23. The molecular weight excluding hydrogens is 398 g/mol. The van der Waals surface area contributed by atoms with Crippen LogP contribution >= 0.6 is 0 Å². The van der Waals surface area contributed by atoms with Crippen LogP contribution in [0.2, 0.25) is 0 Å². The van der Waals surface area contributed by atoms with Crippen LogP contribution in [0, 0.1) is 0 Å². The molecule has 9 heteroatoms. The summed E-state index contributed by atoms with van der Waals surface area (Å²) in [5, 5.41) is 2.90. The van der Waals surface area contributed by atoms with Gasteiger partial charge >= 0.3 is 0 Å². The van der Waals surface area contributed by atoms with Crippen molar-refractivity contribution >= 4 is 29.1 Å². The standard InChI is InChI=1S/C22H31N5O4/c1-17-14-20(28)23-18-4-2-3-5-19(18)27(17)22(30)16-25-8-6-24(7-9-25)15-21(29)26-10-12-31-13-11-26/h2-5,17H,6-16H2,1H3,(H,23,28). The van der Waals surface area contributed by atoms with E-state index >= 15 is 0 Å². The molecule has 1 atom stereocenters. The zero-order valence-corrected chi connectivity index (χ0v) is 18.1. The van der Waals surface area contributed by atoms with Gasteiger partial charge in [-0.2, -0.15) is 0 Å². The van der Waals surface area contributed by atoms with Crippen molar-refractivity contribution in [3.8, 4) is 0 Å². The molecule has 1 N–H and O–H groups in total. The Kier molecular flexibility index (Phi) is 6.84. The quantitative estimate of drug-likeness (QED) is 0.738. The summed E-state index contributed by atoms with van der Waals surface area (Å²) in [6, 6.07) is 7.24. The second-order valence-electron chi connectivity index (χ2n) is 8.43. The third-order valence-electron chi connectivity index (χ3n) is 6.17. The lowest BCUT2D eigenvalue weighted by atomic mass is 10.1. The Morgan fingerprint density at radius 3 is 2.26 bits per heavy atom. The van der Waals surface area contributed by atoms with Gasteiger partial charge in [0.15, 0.2) is 0 Å². The minimum atomic E-state index is -0.205. The van der Waals surface area contributed by atoms with Gasteiger partial charge in [0, 0.05) is 51.7 Å². The number of carbonyl (C=O) groups excluding carboxylic acids is 3. The molecule has 1 unspecified atom stereocenters. The molecule has 2 fully saturated rings. The Hall–Kier alpha value is -2.49. The van der Waals surface area contributed by atoms with E-state index in [2.05, 4.69) is 15.1 Å². The van der Waals surface area contributed by atoms with Crippen LogP contribution in [0.1, 0.15) is 13.3 Å². The molecule has 0 aliphatic carbocycles. The van der Waals surface area contributed by atoms with Crippen LogP contribution in [0.5, 0.6) is 0 Å². The Morgan fingerprint density at radius 2 is 1.58 bits per heavy atom. The molecule has 0 bridgehead atoms. The lowest BCUT2D eigenvalue weighted by Gasteiger charge is -2.37. The highest BCUT2D eigenvalue weighted by Gasteiger charge is 2.31. The molecular formula is C22H31N5O4. The molecule has 3 aliphatic heterocycles. The molecule has 168 valence electrons. The number of benzene rings is 1. The summed E-state index contributed by atoms with van der Waals surface area (Å²) in [5.74, 6) is 0.0723. The minimum absolute atomic E-state index is 0.00528. The lowest BCUT2D eigenvalue weighted by Crippen LogP contribution is -2.53. The van der Waals surface area contributed by atoms with E-state index in [1.54, 1.807) is 4.90 Å². The number of piperazine rings is 1. The average Bonchev–Trinajstić information content (AvgIpc) is 2.89. The largest absolute Gasteiger partial charge is 0.378 e. The Labute approximate surface area is 182 Å². The highest BCUT2D eigenvalue weighted by molar-refractivity contribution is 6.04. The molecule has 9 nitrogen and oxygen atoms in total. The smallest absolute Gasteiger partial charge is 0.241 e. The van der Waals surface area contributed by atoms with Crippen LogP contribution in [0.4, 0.5) is 11.4 Å². The third-order valence-corrected chi connectivity index (χ3v) is 6.17. The normalized spacial score (nSPS) is 23.1. The fourth-order valence-corrected chi connectivity index (χ4v) is 4.44. The Balaban J connectivity index is 1.31. The average molecular weight is 430 g/mol. The first kappa shape index (κ1) is 21.7. The van der Waals surface area contributed by atoms with Crippen molar-refractivity contribution in [1.29, 1.82) is 0 Å². The van der Waals surface area contributed by atoms with Crippen LogP contribution in [-0.2, 0) is 19.1 Å². The fourth-order valence-electron chi connectivity index (χ4n) is 4.44. The van der Waals surface area contributed by atoms with Crippen molar-refractivity contribution in [2.75, 3.05) is 75.8 Å². The van der Waals surface area contributed by atoms with E-state index in [0.717, 1.165) is 31.9 Å². The summed E-state index contributed by atoms with van der Waals surface area (Å²) in [4.78, 5) is 45.7. The van der Waals surface area contributed by atoms with Crippen molar-refractivity contribution in [2.45, 2.75) is 19.4 Å². The second kappa shape index (κ2) is 9.76. The van der Waals surface area contributed by atoms with E-state index < -0.39 is 0 Å². The van der Waals surface area contributed by atoms with Crippen LogP contribution < -0.4 is 10.2 Å². The van der Waals surface area contributed by atoms with Crippen molar-refractivity contribution in [3.05, 3.63) is 24.3 Å². The topological polar surface area (TPSA) is 85.4 Å². The minimum Gasteiger partial charge on any atom is -0.378 e. The summed E-state index contributed by atoms with van der Waals surface area (Å²) in [6.45, 7) is 8.19. The molecule has 0 radical (unpaired) electrons. The Morgan fingerprint density at radius 1 is 0.968 bits per heavy atom. The maximum atomic E-state index is 13.2. The summed E-state index contributed by atoms with van der Waals surface area (Å²) < 4.78 is 5.31. The van der Waals surface area contributed by atoms with Crippen LogP contribution in [-0.4, -0.2) is 104 Å². The molecule has 1 aromatic carbocycles. The number of hydrogen-bond acceptors (Lipinski definition) is 6. The predicted octanol–water partition coefficient (Wildman–Crippen LogP) is 0.227. The van der Waals surface area contributed by atoms with Crippen LogP contribution in [0.25, 0.3) is 0 Å². The van der Waals surface area contributed by atoms with Gasteiger partial charge in [-0.15, -0.1) is 0 Å². The lowest BCUT2D eigenvalue weighted by molar-refractivity contribution is -0.137. The molecule has 3 aliphatic rings. The van der Waals surface area contributed by atoms with Gasteiger partial charge in [-0.05, 0) is 19.1 Å². The SMILES string of the molecule is CC1CC(=O)Nc2ccccc2N1C(=O)CN1CCN(CC(=O)N2CCOCC2)CC1. The highest BCUT2D eigenvalue weighted by atomic mass is 16.5. The van der Waals surface area contributed by atoms with E-state index in [1.165, 1.54) is 0 Å². The monoisotopic (exact) mass is 429 g/mol. The van der Waals surface area contributed by atoms with Gasteiger partial charge in [0.2, 0.25) is 17.7 Å². The second-order valence-corrected chi connectivity index (χ2v) is 8.43. The maximum Gasteiger partial charge on any atom is 0.241 e. The zero-order chi connectivity index (χ0) is 21.8. The van der Waals surface area contributed by atoms with E-state index in [0.29, 0.717) is 45.1 Å². The maximum absolute atomic E-state index is 13.2. The number of rotatable bonds is 4. The van der Waals surface area contributed by atoms with E-state index in [-0.39, 0.29) is 30.2 Å². The van der Waals surface area contributed by atoms with Gasteiger partial charge in [0.1, 0.15) is 0 Å². The molecule has 0 saturated carbocycles. The molecule has 2 saturated heterocycles. The first-order valence-corrected chi connectivity index (χ1v) is 11.0. The van der Waals surface area contributed by atoms with Gasteiger partial charge in [0.05, 0.1) is 37.7 Å². The number of para-hydroxylation sites is 2. The predicted molar refractivity (Wildman–Crippen MR) is 117 cm³/mol. The summed E-state index contributed by atoms with van der Waals surface area (Å²) in [5.41, 5.74) is 1.43. The first-order chi connectivity index (χ1) is 15.0. The summed E-state index contributed by atoms with van der Waals surface area (Å²) in [7, 11) is 0. The number of morpholine rings is 1. The number of ether oxygens (including phenoxy) is 1. The van der Waals surface area contributed by atoms with Gasteiger partial charge in [-0.1, -0.05) is 12.1 Å². The van der Waals surface area contributed by atoms with Crippen LogP contribution in [0.3, 0.4) is 0 Å². The van der Waals surface area contributed by atoms with E-state index in [9.17, 15) is 14.4 Å². The van der Waals surface area contributed by atoms with Crippen molar-refractivity contribution in [2.24, 2.45) is 0 Å². The molecule has 31 heavy (non-hydrogen) atoms. The molecule has 0 aromatic heterocycles. The molecule has 1 aromatic rings. The number of anilines is 2. The van der Waals surface area contributed by atoms with Gasteiger partial charge in [0.25, 0.3) is 0 Å². The van der Waals surface area contributed by atoms with Crippen molar-refractivity contribution < 1.29 is 19.1 Å². The van der Waals surface area contributed by atoms with Crippen molar-refractivity contribution in [1.82, 2.24) is 14.7 Å². The number of hydrogen-bond donors (Lipinski definition) is 1. The number of nitrogens with zero attached hydrogens (tertiary/aromatic N) is 4. The first-order valence-electron chi connectivity index (χ1n) is 11.0. The number of nitrogens with one attached hydrogen (secondary N) is 1.